The van der Waals surface area contributed by atoms with E-state index in [1.807, 2.05) is 61.5 Å². The molecule has 3 rings (SSSR count). The lowest BCUT2D eigenvalue weighted by Gasteiger charge is -2.32. The monoisotopic (exact) mass is 345 g/mol. The first kappa shape index (κ1) is 17.1. The van der Waals surface area contributed by atoms with Crippen molar-refractivity contribution in [2.45, 2.75) is 19.4 Å². The molecule has 1 heterocycles. The lowest BCUT2D eigenvalue weighted by molar-refractivity contribution is -0.00253. The number of rotatable bonds is 5. The summed E-state index contributed by atoms with van der Waals surface area (Å²) in [6.07, 6.45) is 0.348. The first-order valence-electron chi connectivity index (χ1n) is 8.24. The molecule has 1 aliphatic rings. The van der Waals surface area contributed by atoms with Crippen LogP contribution >= 0.6 is 0 Å². The van der Waals surface area contributed by atoms with Gasteiger partial charge in [-0.05, 0) is 24.5 Å². The lowest BCUT2D eigenvalue weighted by atomic mass is 10.1. The summed E-state index contributed by atoms with van der Waals surface area (Å²) in [6.45, 7) is 3.29. The Morgan fingerprint density at radius 1 is 1.08 bits per heavy atom. The molecule has 0 aromatic heterocycles. The standard InChI is InChI=1S/C19H23NO3S/c1-16-7-9-18(10-8-16)19-15-20(12-13-23-19)24(21,22)14-11-17-5-3-2-4-6-17/h2-10,19H,11-15H2,1H3. The van der Waals surface area contributed by atoms with Gasteiger partial charge in [-0.2, -0.15) is 4.31 Å². The summed E-state index contributed by atoms with van der Waals surface area (Å²) in [5.41, 5.74) is 3.26. The number of ether oxygens (including phenoxy) is 1. The zero-order valence-electron chi connectivity index (χ0n) is 13.9. The molecule has 0 bridgehead atoms. The molecule has 0 amide bonds. The predicted molar refractivity (Wildman–Crippen MR) is 95.4 cm³/mol. The second-order valence-electron chi connectivity index (χ2n) is 6.18. The summed E-state index contributed by atoms with van der Waals surface area (Å²) >= 11 is 0. The second kappa shape index (κ2) is 7.47. The average Bonchev–Trinajstić information content (AvgIpc) is 2.62. The molecule has 1 atom stereocenters. The van der Waals surface area contributed by atoms with Gasteiger partial charge >= 0.3 is 0 Å². The molecule has 0 saturated carbocycles. The minimum absolute atomic E-state index is 0.137. The maximum absolute atomic E-state index is 12.7. The van der Waals surface area contributed by atoms with Crippen molar-refractivity contribution in [1.29, 1.82) is 0 Å². The smallest absolute Gasteiger partial charge is 0.214 e. The number of morpholine rings is 1. The van der Waals surface area contributed by atoms with Crippen molar-refractivity contribution in [3.63, 3.8) is 0 Å². The van der Waals surface area contributed by atoms with Crippen LogP contribution in [0.3, 0.4) is 0 Å². The van der Waals surface area contributed by atoms with E-state index in [9.17, 15) is 8.42 Å². The highest BCUT2D eigenvalue weighted by Crippen LogP contribution is 2.24. The van der Waals surface area contributed by atoms with Crippen molar-refractivity contribution in [3.05, 3.63) is 71.3 Å². The molecule has 5 heteroatoms. The van der Waals surface area contributed by atoms with E-state index in [1.165, 1.54) is 5.56 Å². The molecule has 0 spiro atoms. The van der Waals surface area contributed by atoms with Gasteiger partial charge in [-0.3, -0.25) is 0 Å². The normalized spacial score (nSPS) is 19.3. The fourth-order valence-electron chi connectivity index (χ4n) is 2.88. The topological polar surface area (TPSA) is 46.6 Å². The Kier molecular flexibility index (Phi) is 5.33. The quantitative estimate of drug-likeness (QED) is 0.837. The van der Waals surface area contributed by atoms with E-state index in [-0.39, 0.29) is 11.9 Å². The molecule has 1 aliphatic heterocycles. The Morgan fingerprint density at radius 3 is 2.50 bits per heavy atom. The molecule has 1 fully saturated rings. The maximum Gasteiger partial charge on any atom is 0.214 e. The number of benzene rings is 2. The van der Waals surface area contributed by atoms with Crippen molar-refractivity contribution in [2.75, 3.05) is 25.4 Å². The summed E-state index contributed by atoms with van der Waals surface area (Å²) in [5.74, 6) is 0.137. The van der Waals surface area contributed by atoms with E-state index in [2.05, 4.69) is 0 Å². The van der Waals surface area contributed by atoms with Gasteiger partial charge in [0.05, 0.1) is 18.5 Å². The van der Waals surface area contributed by atoms with Crippen LogP contribution in [-0.2, 0) is 21.2 Å². The van der Waals surface area contributed by atoms with Crippen molar-refractivity contribution in [2.24, 2.45) is 0 Å². The highest BCUT2D eigenvalue weighted by atomic mass is 32.2. The van der Waals surface area contributed by atoms with Crippen LogP contribution < -0.4 is 0 Å². The van der Waals surface area contributed by atoms with Gasteiger partial charge in [0.2, 0.25) is 10.0 Å². The van der Waals surface area contributed by atoms with E-state index in [0.717, 1.165) is 11.1 Å². The van der Waals surface area contributed by atoms with E-state index in [1.54, 1.807) is 4.31 Å². The summed E-state index contributed by atoms with van der Waals surface area (Å²) in [5, 5.41) is 0. The van der Waals surface area contributed by atoms with E-state index < -0.39 is 10.0 Å². The van der Waals surface area contributed by atoms with Gasteiger partial charge in [-0.1, -0.05) is 60.2 Å². The molecular weight excluding hydrogens is 322 g/mol. The van der Waals surface area contributed by atoms with Gasteiger partial charge in [0.15, 0.2) is 0 Å². The van der Waals surface area contributed by atoms with Crippen LogP contribution in [-0.4, -0.2) is 38.2 Å². The van der Waals surface area contributed by atoms with E-state index in [0.29, 0.717) is 26.1 Å². The minimum Gasteiger partial charge on any atom is -0.371 e. The van der Waals surface area contributed by atoms with Gasteiger partial charge < -0.3 is 4.74 Å². The van der Waals surface area contributed by atoms with E-state index >= 15 is 0 Å². The summed E-state index contributed by atoms with van der Waals surface area (Å²) in [4.78, 5) is 0. The van der Waals surface area contributed by atoms with Gasteiger partial charge in [-0.15, -0.1) is 0 Å². The van der Waals surface area contributed by atoms with Crippen molar-refractivity contribution in [1.82, 2.24) is 4.31 Å². The number of nitrogens with zero attached hydrogens (tertiary/aromatic N) is 1. The van der Waals surface area contributed by atoms with Crippen LogP contribution in [0.5, 0.6) is 0 Å². The van der Waals surface area contributed by atoms with Gasteiger partial charge in [0, 0.05) is 13.1 Å². The first-order valence-corrected chi connectivity index (χ1v) is 9.85. The van der Waals surface area contributed by atoms with Crippen LogP contribution in [0.4, 0.5) is 0 Å². The zero-order chi connectivity index (χ0) is 17.0. The number of hydrogen-bond donors (Lipinski definition) is 0. The Morgan fingerprint density at radius 2 is 1.79 bits per heavy atom. The highest BCUT2D eigenvalue weighted by Gasteiger charge is 2.29. The maximum atomic E-state index is 12.7. The minimum atomic E-state index is -3.28. The SMILES string of the molecule is Cc1ccc(C2CN(S(=O)(=O)CCc3ccccc3)CCO2)cc1. The second-order valence-corrected chi connectivity index (χ2v) is 8.27. The van der Waals surface area contributed by atoms with Gasteiger partial charge in [0.25, 0.3) is 0 Å². The fourth-order valence-corrected chi connectivity index (χ4v) is 4.35. The molecule has 1 unspecified atom stereocenters. The molecule has 2 aromatic rings. The van der Waals surface area contributed by atoms with Crippen LogP contribution in [0.2, 0.25) is 0 Å². The van der Waals surface area contributed by atoms with Crippen molar-refractivity contribution < 1.29 is 13.2 Å². The largest absolute Gasteiger partial charge is 0.371 e. The number of hydrogen-bond acceptors (Lipinski definition) is 3. The van der Waals surface area contributed by atoms with Gasteiger partial charge in [0.1, 0.15) is 0 Å². The van der Waals surface area contributed by atoms with Crippen LogP contribution in [0.25, 0.3) is 0 Å². The third kappa shape index (κ3) is 4.23. The molecule has 128 valence electrons. The Hall–Kier alpha value is -1.69. The molecule has 0 N–H and O–H groups in total. The number of aryl methyl sites for hydroxylation is 2. The molecular formula is C19H23NO3S. The predicted octanol–water partition coefficient (Wildman–Crippen LogP) is 2.94. The van der Waals surface area contributed by atoms with E-state index in [4.69, 9.17) is 4.74 Å². The Labute approximate surface area is 144 Å². The molecule has 4 nitrogen and oxygen atoms in total. The lowest BCUT2D eigenvalue weighted by Crippen LogP contribution is -2.43. The van der Waals surface area contributed by atoms with Crippen molar-refractivity contribution in [3.8, 4) is 0 Å². The van der Waals surface area contributed by atoms with Crippen LogP contribution in [0.1, 0.15) is 22.8 Å². The van der Waals surface area contributed by atoms with Crippen LogP contribution in [0.15, 0.2) is 54.6 Å². The molecule has 24 heavy (non-hydrogen) atoms. The Bertz CT molecular complexity index is 757. The Balaban J connectivity index is 1.65. The highest BCUT2D eigenvalue weighted by molar-refractivity contribution is 7.89. The third-order valence-electron chi connectivity index (χ3n) is 4.36. The van der Waals surface area contributed by atoms with Crippen LogP contribution in [0, 0.1) is 6.92 Å². The molecule has 1 saturated heterocycles. The summed E-state index contributed by atoms with van der Waals surface area (Å²) in [7, 11) is -3.28. The first-order chi connectivity index (χ1) is 11.5. The molecule has 2 aromatic carbocycles. The molecule has 0 aliphatic carbocycles. The summed E-state index contributed by atoms with van der Waals surface area (Å²) in [6, 6.07) is 17.8. The molecule has 0 radical (unpaired) electrons. The van der Waals surface area contributed by atoms with Gasteiger partial charge in [-0.25, -0.2) is 8.42 Å². The fraction of sp³-hybridized carbons (Fsp3) is 0.368. The third-order valence-corrected chi connectivity index (χ3v) is 6.20. The number of sulfonamides is 1. The zero-order valence-corrected chi connectivity index (χ0v) is 14.7. The average molecular weight is 345 g/mol. The van der Waals surface area contributed by atoms with Crippen molar-refractivity contribution >= 4 is 10.0 Å². The summed E-state index contributed by atoms with van der Waals surface area (Å²) < 4.78 is 32.7.